The number of carbonyl (C=O) groups excluding carboxylic acids is 1. The minimum absolute atomic E-state index is 0.115. The summed E-state index contributed by atoms with van der Waals surface area (Å²) in [5.41, 5.74) is 0.363. The van der Waals surface area contributed by atoms with Crippen molar-refractivity contribution >= 4 is 31.6 Å². The molecule has 0 aliphatic carbocycles. The molecule has 35 heavy (non-hydrogen) atoms. The highest BCUT2D eigenvalue weighted by Crippen LogP contribution is 2.25. The standard InChI is InChI=1S/C23H33N3O7S2/c1-6-22(26(34(5,28)29)18-8-10-19(11-9-18)32-7-2)23(27)24-16-17-33-20-12-14-21(15-13-20)35(30,31)25(3)4/h8-15,22H,6-7,16-17H2,1-5H3,(H,24,27)/t22-/m0/s1. The van der Waals surface area contributed by atoms with Gasteiger partial charge in [-0.15, -0.1) is 0 Å². The van der Waals surface area contributed by atoms with Gasteiger partial charge in [0.15, 0.2) is 0 Å². The Balaban J connectivity index is 2.01. The van der Waals surface area contributed by atoms with E-state index in [1.54, 1.807) is 31.2 Å². The fourth-order valence-corrected chi connectivity index (χ4v) is 5.41. The minimum atomic E-state index is -3.75. The van der Waals surface area contributed by atoms with E-state index in [1.807, 2.05) is 6.92 Å². The van der Waals surface area contributed by atoms with Gasteiger partial charge in [0.1, 0.15) is 24.1 Å². The van der Waals surface area contributed by atoms with Crippen LogP contribution < -0.4 is 19.1 Å². The third-order valence-electron chi connectivity index (χ3n) is 5.00. The molecule has 2 aromatic carbocycles. The Hall–Kier alpha value is -2.83. The van der Waals surface area contributed by atoms with Crippen LogP contribution in [0.3, 0.4) is 0 Å². The number of amides is 1. The Morgan fingerprint density at radius 1 is 0.914 bits per heavy atom. The van der Waals surface area contributed by atoms with Crippen LogP contribution in [0.2, 0.25) is 0 Å². The molecule has 0 aromatic heterocycles. The molecule has 0 saturated carbocycles. The number of hydrogen-bond donors (Lipinski definition) is 1. The molecule has 0 aliphatic heterocycles. The third kappa shape index (κ3) is 7.58. The second-order valence-electron chi connectivity index (χ2n) is 7.81. The topological polar surface area (TPSA) is 122 Å². The Morgan fingerprint density at radius 2 is 1.46 bits per heavy atom. The third-order valence-corrected chi connectivity index (χ3v) is 8.01. The fraction of sp³-hybridized carbons (Fsp3) is 0.435. The van der Waals surface area contributed by atoms with E-state index in [2.05, 4.69) is 5.32 Å². The van der Waals surface area contributed by atoms with Crippen LogP contribution in [0.1, 0.15) is 20.3 Å². The summed E-state index contributed by atoms with van der Waals surface area (Å²) in [5.74, 6) is 0.589. The number of nitrogens with one attached hydrogen (secondary N) is 1. The molecule has 0 fully saturated rings. The molecule has 0 radical (unpaired) electrons. The number of benzene rings is 2. The maximum atomic E-state index is 12.9. The van der Waals surface area contributed by atoms with Crippen molar-refractivity contribution in [1.29, 1.82) is 0 Å². The minimum Gasteiger partial charge on any atom is -0.494 e. The molecule has 0 spiro atoms. The Bertz CT molecular complexity index is 1180. The van der Waals surface area contributed by atoms with Crippen LogP contribution >= 0.6 is 0 Å². The molecule has 1 amide bonds. The number of carbonyl (C=O) groups is 1. The summed E-state index contributed by atoms with van der Waals surface area (Å²) in [5, 5.41) is 2.71. The number of sulfonamides is 2. The van der Waals surface area contributed by atoms with E-state index in [-0.39, 0.29) is 24.5 Å². The van der Waals surface area contributed by atoms with Crippen LogP contribution in [-0.4, -0.2) is 73.2 Å². The Labute approximate surface area is 207 Å². The summed E-state index contributed by atoms with van der Waals surface area (Å²) in [6.45, 7) is 4.31. The zero-order chi connectivity index (χ0) is 26.2. The first kappa shape index (κ1) is 28.4. The monoisotopic (exact) mass is 527 g/mol. The lowest BCUT2D eigenvalue weighted by molar-refractivity contribution is -0.122. The van der Waals surface area contributed by atoms with Crippen LogP contribution in [-0.2, 0) is 24.8 Å². The molecule has 0 bridgehead atoms. The molecule has 1 atom stereocenters. The van der Waals surface area contributed by atoms with Gasteiger partial charge in [0.05, 0.1) is 30.0 Å². The highest BCUT2D eigenvalue weighted by Gasteiger charge is 2.31. The van der Waals surface area contributed by atoms with Gasteiger partial charge >= 0.3 is 0 Å². The maximum Gasteiger partial charge on any atom is 0.244 e. The van der Waals surface area contributed by atoms with Gasteiger partial charge in [-0.2, -0.15) is 0 Å². The van der Waals surface area contributed by atoms with Gasteiger partial charge in [-0.3, -0.25) is 9.10 Å². The van der Waals surface area contributed by atoms with Gasteiger partial charge in [0.25, 0.3) is 0 Å². The van der Waals surface area contributed by atoms with Crippen LogP contribution in [0.4, 0.5) is 5.69 Å². The predicted molar refractivity (Wildman–Crippen MR) is 135 cm³/mol. The number of ether oxygens (including phenoxy) is 2. The second-order valence-corrected chi connectivity index (χ2v) is 11.8. The average Bonchev–Trinajstić information content (AvgIpc) is 2.80. The van der Waals surface area contributed by atoms with Crippen molar-refractivity contribution < 1.29 is 31.1 Å². The molecule has 0 aliphatic rings. The lowest BCUT2D eigenvalue weighted by Crippen LogP contribution is -2.50. The fourth-order valence-electron chi connectivity index (χ4n) is 3.30. The molecule has 1 N–H and O–H groups in total. The van der Waals surface area contributed by atoms with Crippen LogP contribution in [0.5, 0.6) is 11.5 Å². The van der Waals surface area contributed by atoms with E-state index in [4.69, 9.17) is 9.47 Å². The molecular weight excluding hydrogens is 494 g/mol. The quantitative estimate of drug-likeness (QED) is 0.396. The number of anilines is 1. The van der Waals surface area contributed by atoms with Crippen molar-refractivity contribution in [2.24, 2.45) is 0 Å². The van der Waals surface area contributed by atoms with Crippen molar-refractivity contribution in [2.45, 2.75) is 31.2 Å². The van der Waals surface area contributed by atoms with E-state index in [0.29, 0.717) is 23.8 Å². The first-order valence-electron chi connectivity index (χ1n) is 11.1. The lowest BCUT2D eigenvalue weighted by Gasteiger charge is -2.30. The van der Waals surface area contributed by atoms with Crippen molar-refractivity contribution in [3.05, 3.63) is 48.5 Å². The van der Waals surface area contributed by atoms with E-state index < -0.39 is 32.0 Å². The van der Waals surface area contributed by atoms with Crippen molar-refractivity contribution in [2.75, 3.05) is 44.4 Å². The van der Waals surface area contributed by atoms with E-state index in [1.165, 1.54) is 38.4 Å². The van der Waals surface area contributed by atoms with Gasteiger partial charge < -0.3 is 14.8 Å². The van der Waals surface area contributed by atoms with Gasteiger partial charge in [0.2, 0.25) is 26.0 Å². The summed E-state index contributed by atoms with van der Waals surface area (Å²) < 4.78 is 62.6. The Morgan fingerprint density at radius 3 is 1.94 bits per heavy atom. The molecule has 10 nitrogen and oxygen atoms in total. The molecule has 2 aromatic rings. The van der Waals surface area contributed by atoms with E-state index in [9.17, 15) is 21.6 Å². The first-order valence-corrected chi connectivity index (χ1v) is 14.4. The van der Waals surface area contributed by atoms with Crippen molar-refractivity contribution in [3.8, 4) is 11.5 Å². The SMILES string of the molecule is CCOc1ccc(N([C@@H](CC)C(=O)NCCOc2ccc(S(=O)(=O)N(C)C)cc2)S(C)(=O)=O)cc1. The molecule has 2 rings (SSSR count). The largest absolute Gasteiger partial charge is 0.494 e. The zero-order valence-electron chi connectivity index (χ0n) is 20.6. The van der Waals surface area contributed by atoms with Crippen molar-refractivity contribution in [3.63, 3.8) is 0 Å². The van der Waals surface area contributed by atoms with E-state index in [0.717, 1.165) is 14.9 Å². The maximum absolute atomic E-state index is 12.9. The van der Waals surface area contributed by atoms with Gasteiger partial charge in [-0.1, -0.05) is 6.92 Å². The molecular formula is C23H33N3O7S2. The van der Waals surface area contributed by atoms with Crippen molar-refractivity contribution in [1.82, 2.24) is 9.62 Å². The van der Waals surface area contributed by atoms with Gasteiger partial charge in [-0.05, 0) is 61.9 Å². The second kappa shape index (κ2) is 12.2. The van der Waals surface area contributed by atoms with Crippen LogP contribution in [0.15, 0.2) is 53.4 Å². The number of hydrogen-bond acceptors (Lipinski definition) is 7. The molecule has 194 valence electrons. The van der Waals surface area contributed by atoms with Gasteiger partial charge in [-0.25, -0.2) is 21.1 Å². The van der Waals surface area contributed by atoms with Crippen LogP contribution in [0.25, 0.3) is 0 Å². The molecule has 0 heterocycles. The smallest absolute Gasteiger partial charge is 0.244 e. The predicted octanol–water partition coefficient (Wildman–Crippen LogP) is 2.08. The highest BCUT2D eigenvalue weighted by atomic mass is 32.2. The normalized spacial score (nSPS) is 12.7. The number of nitrogens with zero attached hydrogens (tertiary/aromatic N) is 2. The number of rotatable bonds is 13. The Kier molecular flexibility index (Phi) is 9.92. The summed E-state index contributed by atoms with van der Waals surface area (Å²) in [6, 6.07) is 11.5. The summed E-state index contributed by atoms with van der Waals surface area (Å²) in [7, 11) is -4.38. The highest BCUT2D eigenvalue weighted by molar-refractivity contribution is 7.92. The lowest BCUT2D eigenvalue weighted by atomic mass is 10.2. The molecule has 0 saturated heterocycles. The zero-order valence-corrected chi connectivity index (χ0v) is 22.2. The summed E-state index contributed by atoms with van der Waals surface area (Å²) >= 11 is 0. The molecule has 12 heteroatoms. The molecule has 0 unspecified atom stereocenters. The van der Waals surface area contributed by atoms with Crippen LogP contribution in [0, 0.1) is 0 Å². The van der Waals surface area contributed by atoms with E-state index >= 15 is 0 Å². The van der Waals surface area contributed by atoms with Gasteiger partial charge in [0, 0.05) is 14.1 Å². The summed E-state index contributed by atoms with van der Waals surface area (Å²) in [4.78, 5) is 13.0. The summed E-state index contributed by atoms with van der Waals surface area (Å²) in [6.07, 6.45) is 1.32. The average molecular weight is 528 g/mol. The first-order chi connectivity index (χ1) is 16.4.